The van der Waals surface area contributed by atoms with Crippen molar-refractivity contribution in [1.82, 2.24) is 10.2 Å². The molecule has 1 aromatic carbocycles. The van der Waals surface area contributed by atoms with Crippen LogP contribution in [-0.2, 0) is 0 Å². The van der Waals surface area contributed by atoms with Gasteiger partial charge in [-0.25, -0.2) is 0 Å². The van der Waals surface area contributed by atoms with Crippen LogP contribution < -0.4 is 14.8 Å². The van der Waals surface area contributed by atoms with Gasteiger partial charge in [0.25, 0.3) is 0 Å². The summed E-state index contributed by atoms with van der Waals surface area (Å²) in [6, 6.07) is 4.31. The predicted molar refractivity (Wildman–Crippen MR) is 104 cm³/mol. The minimum atomic E-state index is 0. The lowest BCUT2D eigenvalue weighted by Crippen LogP contribution is -2.45. The van der Waals surface area contributed by atoms with E-state index in [0.717, 1.165) is 54.1 Å². The van der Waals surface area contributed by atoms with Crippen molar-refractivity contribution >= 4 is 40.7 Å². The molecule has 0 radical (unpaired) electrons. The van der Waals surface area contributed by atoms with E-state index < -0.39 is 0 Å². The second kappa shape index (κ2) is 11.2. The summed E-state index contributed by atoms with van der Waals surface area (Å²) < 4.78 is 11.9. The second-order valence-corrected chi connectivity index (χ2v) is 5.91. The summed E-state index contributed by atoms with van der Waals surface area (Å²) in [5.41, 5.74) is 1.15. The van der Waals surface area contributed by atoms with E-state index in [-0.39, 0.29) is 30.9 Å². The molecule has 4 nitrogen and oxygen atoms in total. The highest BCUT2D eigenvalue weighted by Gasteiger charge is 2.25. The number of methoxy groups -OCH3 is 2. The highest BCUT2D eigenvalue weighted by molar-refractivity contribution is 9.10. The second-order valence-electron chi connectivity index (χ2n) is 5.05. The summed E-state index contributed by atoms with van der Waals surface area (Å²) in [5.74, 6) is 1.71. The summed E-state index contributed by atoms with van der Waals surface area (Å²) in [4.78, 5) is 2.48. The van der Waals surface area contributed by atoms with Crippen LogP contribution in [0.25, 0.3) is 0 Å². The van der Waals surface area contributed by atoms with Crippen LogP contribution >= 0.6 is 40.7 Å². The molecule has 23 heavy (non-hydrogen) atoms. The maximum absolute atomic E-state index is 5.58. The Morgan fingerprint density at radius 3 is 2.35 bits per heavy atom. The van der Waals surface area contributed by atoms with Crippen LogP contribution in [0.5, 0.6) is 11.5 Å². The number of benzene rings is 1. The molecule has 132 valence electrons. The first kappa shape index (κ1) is 22.5. The van der Waals surface area contributed by atoms with E-state index in [2.05, 4.69) is 38.8 Å². The Kier molecular flexibility index (Phi) is 10.9. The molecule has 0 unspecified atom stereocenters. The van der Waals surface area contributed by atoms with Crippen molar-refractivity contribution in [2.45, 2.75) is 12.5 Å². The highest BCUT2D eigenvalue weighted by atomic mass is 79.9. The van der Waals surface area contributed by atoms with Gasteiger partial charge >= 0.3 is 0 Å². The number of nitrogens with one attached hydrogen (secondary N) is 1. The maximum Gasteiger partial charge on any atom is 0.133 e. The monoisotopic (exact) mass is 426 g/mol. The van der Waals surface area contributed by atoms with Gasteiger partial charge in [0.15, 0.2) is 0 Å². The fourth-order valence-electron chi connectivity index (χ4n) is 2.77. The lowest BCUT2D eigenvalue weighted by molar-refractivity contribution is 0.171. The zero-order valence-corrected chi connectivity index (χ0v) is 16.7. The van der Waals surface area contributed by atoms with Crippen molar-refractivity contribution in [2.24, 2.45) is 0 Å². The molecule has 0 aromatic heterocycles. The minimum Gasteiger partial charge on any atom is -0.496 e. The third kappa shape index (κ3) is 5.54. The van der Waals surface area contributed by atoms with E-state index >= 15 is 0 Å². The average Bonchev–Trinajstić information content (AvgIpc) is 2.53. The zero-order chi connectivity index (χ0) is 15.2. The molecule has 1 aliphatic rings. The number of piperazine rings is 1. The molecule has 0 saturated carbocycles. The van der Waals surface area contributed by atoms with E-state index in [1.807, 2.05) is 12.1 Å². The third-order valence-corrected chi connectivity index (χ3v) is 4.47. The summed E-state index contributed by atoms with van der Waals surface area (Å²) in [5, 5.41) is 3.39. The molecule has 1 N–H and O–H groups in total. The normalized spacial score (nSPS) is 15.8. The summed E-state index contributed by atoms with van der Waals surface area (Å²) in [7, 11) is 3.39. The van der Waals surface area contributed by atoms with Crippen LogP contribution in [0.4, 0.5) is 0 Å². The number of hydrogen-bond acceptors (Lipinski definition) is 4. The van der Waals surface area contributed by atoms with Gasteiger partial charge in [0, 0.05) is 37.8 Å². The average molecular weight is 428 g/mol. The largest absolute Gasteiger partial charge is 0.496 e. The van der Waals surface area contributed by atoms with E-state index in [0.29, 0.717) is 0 Å². The number of rotatable bonds is 6. The SMILES string of the molecule is C=CC[C@H](c1cc(OC)c(Br)cc1OC)N1CCNCC1.Cl.Cl. The standard InChI is InChI=1S/C16H23BrN2O2.2ClH/c1-4-5-14(19-8-6-18-7-9-19)12-10-16(21-3)13(17)11-15(12)20-2;;/h4,10-11,14,18H,1,5-9H2,2-3H3;2*1H/t14-;;/m1../s1. The molecule has 1 heterocycles. The topological polar surface area (TPSA) is 33.7 Å². The number of ether oxygens (including phenoxy) is 2. The van der Waals surface area contributed by atoms with Crippen LogP contribution in [0, 0.1) is 0 Å². The molecular formula is C16H25BrCl2N2O2. The Hall–Kier alpha value is -0.460. The molecule has 1 aromatic rings. The fourth-order valence-corrected chi connectivity index (χ4v) is 3.25. The van der Waals surface area contributed by atoms with Gasteiger partial charge in [-0.05, 0) is 34.5 Å². The molecule has 1 aliphatic heterocycles. The quantitative estimate of drug-likeness (QED) is 0.699. The first-order valence-electron chi connectivity index (χ1n) is 7.18. The molecular weight excluding hydrogens is 403 g/mol. The van der Waals surface area contributed by atoms with Crippen molar-refractivity contribution in [2.75, 3.05) is 40.4 Å². The van der Waals surface area contributed by atoms with Gasteiger partial charge in [-0.2, -0.15) is 0 Å². The van der Waals surface area contributed by atoms with Crippen LogP contribution in [-0.4, -0.2) is 45.3 Å². The summed E-state index contributed by atoms with van der Waals surface area (Å²) in [6.07, 6.45) is 2.86. The summed E-state index contributed by atoms with van der Waals surface area (Å²) in [6.45, 7) is 8.00. The van der Waals surface area contributed by atoms with Crippen LogP contribution in [0.2, 0.25) is 0 Å². The van der Waals surface area contributed by atoms with Crippen LogP contribution in [0.15, 0.2) is 29.3 Å². The van der Waals surface area contributed by atoms with Gasteiger partial charge in [-0.1, -0.05) is 6.08 Å². The smallest absolute Gasteiger partial charge is 0.133 e. The summed E-state index contributed by atoms with van der Waals surface area (Å²) >= 11 is 3.52. The molecule has 2 rings (SSSR count). The molecule has 0 amide bonds. The molecule has 1 saturated heterocycles. The Morgan fingerprint density at radius 2 is 1.83 bits per heavy atom. The minimum absolute atomic E-state index is 0. The fraction of sp³-hybridized carbons (Fsp3) is 0.500. The zero-order valence-electron chi connectivity index (χ0n) is 13.5. The van der Waals surface area contributed by atoms with Gasteiger partial charge in [0.2, 0.25) is 0 Å². The van der Waals surface area contributed by atoms with Crippen molar-refractivity contribution < 1.29 is 9.47 Å². The van der Waals surface area contributed by atoms with Crippen molar-refractivity contribution in [3.05, 3.63) is 34.8 Å². The first-order valence-corrected chi connectivity index (χ1v) is 7.97. The first-order chi connectivity index (χ1) is 10.2. The van der Waals surface area contributed by atoms with Gasteiger partial charge in [-0.3, -0.25) is 4.90 Å². The maximum atomic E-state index is 5.58. The number of nitrogens with zero attached hydrogens (tertiary/aromatic N) is 1. The van der Waals surface area contributed by atoms with Crippen molar-refractivity contribution in [3.63, 3.8) is 0 Å². The number of halogens is 3. The van der Waals surface area contributed by atoms with Crippen molar-refractivity contribution in [3.8, 4) is 11.5 Å². The third-order valence-electron chi connectivity index (χ3n) is 3.85. The van der Waals surface area contributed by atoms with Crippen LogP contribution in [0.1, 0.15) is 18.0 Å². The lowest BCUT2D eigenvalue weighted by Gasteiger charge is -2.35. The molecule has 1 atom stereocenters. The Labute approximate surface area is 159 Å². The highest BCUT2D eigenvalue weighted by Crippen LogP contribution is 2.39. The molecule has 0 spiro atoms. The molecule has 1 fully saturated rings. The predicted octanol–water partition coefficient (Wildman–Crippen LogP) is 3.83. The van der Waals surface area contributed by atoms with Gasteiger partial charge in [0.1, 0.15) is 11.5 Å². The van der Waals surface area contributed by atoms with Gasteiger partial charge in [-0.15, -0.1) is 31.4 Å². The van der Waals surface area contributed by atoms with Crippen molar-refractivity contribution in [1.29, 1.82) is 0 Å². The van der Waals surface area contributed by atoms with Crippen LogP contribution in [0.3, 0.4) is 0 Å². The molecule has 0 bridgehead atoms. The van der Waals surface area contributed by atoms with E-state index in [1.165, 1.54) is 0 Å². The lowest BCUT2D eigenvalue weighted by atomic mass is 9.99. The molecule has 0 aliphatic carbocycles. The van der Waals surface area contributed by atoms with E-state index in [4.69, 9.17) is 9.47 Å². The Bertz CT molecular complexity index is 497. The number of hydrogen-bond donors (Lipinski definition) is 1. The van der Waals surface area contributed by atoms with E-state index in [1.54, 1.807) is 14.2 Å². The van der Waals surface area contributed by atoms with E-state index in [9.17, 15) is 0 Å². The van der Waals surface area contributed by atoms with Gasteiger partial charge < -0.3 is 14.8 Å². The van der Waals surface area contributed by atoms with Gasteiger partial charge in [0.05, 0.1) is 18.7 Å². The Balaban J connectivity index is 0.00000242. The Morgan fingerprint density at radius 1 is 1.22 bits per heavy atom. The molecule has 7 heteroatoms.